The molecule has 0 rings (SSSR count). The van der Waals surface area contributed by atoms with Crippen LogP contribution >= 0.6 is 0 Å². The molecule has 0 aromatic rings. The molecule has 5 heteroatoms. The van der Waals surface area contributed by atoms with Crippen LogP contribution in [0.1, 0.15) is 34.6 Å². The van der Waals surface area contributed by atoms with Gasteiger partial charge in [-0.25, -0.2) is 0 Å². The van der Waals surface area contributed by atoms with E-state index in [-0.39, 0.29) is 5.67 Å². The minimum atomic E-state index is -2.58. The predicted molar refractivity (Wildman–Crippen MR) is 68.4 cm³/mol. The van der Waals surface area contributed by atoms with E-state index < -0.39 is 8.80 Å². The van der Waals surface area contributed by atoms with Crippen LogP contribution in [0.2, 0.25) is 0 Å². The summed E-state index contributed by atoms with van der Waals surface area (Å²) in [5.74, 6) is 0. The fourth-order valence-corrected chi connectivity index (χ4v) is 4.92. The molecule has 0 aliphatic heterocycles. The van der Waals surface area contributed by atoms with Crippen molar-refractivity contribution in [3.8, 4) is 0 Å². The van der Waals surface area contributed by atoms with E-state index in [1.54, 1.807) is 21.3 Å². The van der Waals surface area contributed by atoms with E-state index >= 15 is 0 Å². The fourth-order valence-electron chi connectivity index (χ4n) is 2.43. The molecule has 0 N–H and O–H groups in total. The summed E-state index contributed by atoms with van der Waals surface area (Å²) in [5.41, 5.74) is 0.146. The molecule has 0 spiro atoms. The van der Waals surface area contributed by atoms with Gasteiger partial charge in [0, 0.05) is 33.4 Å². The normalized spacial score (nSPS) is 15.2. The van der Waals surface area contributed by atoms with Crippen LogP contribution in [0.25, 0.3) is 0 Å². The number of rotatable bonds is 7. The van der Waals surface area contributed by atoms with Gasteiger partial charge in [-0.1, -0.05) is 0 Å². The quantitative estimate of drug-likeness (QED) is 0.645. The van der Waals surface area contributed by atoms with Crippen molar-refractivity contribution in [2.45, 2.75) is 52.4 Å². The molecular formula is C11H27NO3Si. The zero-order valence-electron chi connectivity index (χ0n) is 11.9. The van der Waals surface area contributed by atoms with E-state index in [4.69, 9.17) is 13.3 Å². The Morgan fingerprint density at radius 1 is 0.750 bits per heavy atom. The molecule has 0 fully saturated rings. The monoisotopic (exact) mass is 249 g/mol. The molecular weight excluding hydrogens is 222 g/mol. The van der Waals surface area contributed by atoms with E-state index in [0.717, 1.165) is 0 Å². The van der Waals surface area contributed by atoms with E-state index in [9.17, 15) is 0 Å². The van der Waals surface area contributed by atoms with Gasteiger partial charge < -0.3 is 13.3 Å². The van der Waals surface area contributed by atoms with Crippen molar-refractivity contribution < 1.29 is 13.3 Å². The molecule has 16 heavy (non-hydrogen) atoms. The summed E-state index contributed by atoms with van der Waals surface area (Å²) >= 11 is 0. The zero-order valence-corrected chi connectivity index (χ0v) is 12.9. The molecule has 0 aromatic carbocycles. The van der Waals surface area contributed by atoms with Gasteiger partial charge >= 0.3 is 8.80 Å². The first-order chi connectivity index (χ1) is 7.36. The second-order valence-corrected chi connectivity index (χ2v) is 7.79. The molecule has 98 valence electrons. The highest BCUT2D eigenvalue weighted by Gasteiger charge is 2.48. The maximum absolute atomic E-state index is 5.53. The Labute approximate surface area is 101 Å². The summed E-state index contributed by atoms with van der Waals surface area (Å²) in [6, 6.07) is 0.865. The fraction of sp³-hybridized carbons (Fsp3) is 1.00. The molecule has 0 saturated carbocycles. The molecule has 4 nitrogen and oxygen atoms in total. The Bertz CT molecular complexity index is 179. The molecule has 0 radical (unpaired) electrons. The van der Waals surface area contributed by atoms with E-state index in [2.05, 4.69) is 39.5 Å². The van der Waals surface area contributed by atoms with Crippen LogP contribution in [-0.4, -0.2) is 52.8 Å². The second kappa shape index (κ2) is 6.71. The van der Waals surface area contributed by atoms with Gasteiger partial charge in [0.25, 0.3) is 0 Å². The van der Waals surface area contributed by atoms with Crippen molar-refractivity contribution in [2.75, 3.05) is 21.3 Å². The summed E-state index contributed by atoms with van der Waals surface area (Å²) < 4.78 is 16.6. The SMILES string of the molecule is CO[Si](OC)(OC)C(C)N(C(C)C)C(C)C. The summed E-state index contributed by atoms with van der Waals surface area (Å²) in [5, 5.41) is 0. The maximum atomic E-state index is 5.53. The standard InChI is InChI=1S/C11H27NO3Si/c1-9(2)12(10(3)4)11(5)16(13-6,14-7)15-8/h9-11H,1-8H3. The third-order valence-corrected chi connectivity index (χ3v) is 6.03. The maximum Gasteiger partial charge on any atom is 0.517 e. The lowest BCUT2D eigenvalue weighted by Gasteiger charge is -2.42. The molecule has 0 aromatic heterocycles. The van der Waals surface area contributed by atoms with Crippen LogP contribution in [0.4, 0.5) is 0 Å². The summed E-state index contributed by atoms with van der Waals surface area (Å²) in [7, 11) is 2.40. The highest BCUT2D eigenvalue weighted by atomic mass is 28.4. The smallest absolute Gasteiger partial charge is 0.376 e. The van der Waals surface area contributed by atoms with Gasteiger partial charge in [-0.05, 0) is 34.6 Å². The summed E-state index contributed by atoms with van der Waals surface area (Å²) in [6.07, 6.45) is 0. The molecule has 0 aliphatic carbocycles. The topological polar surface area (TPSA) is 30.9 Å². The largest absolute Gasteiger partial charge is 0.517 e. The highest BCUT2D eigenvalue weighted by Crippen LogP contribution is 2.21. The van der Waals surface area contributed by atoms with Crippen molar-refractivity contribution in [1.82, 2.24) is 4.90 Å². The van der Waals surface area contributed by atoms with Gasteiger partial charge in [-0.15, -0.1) is 0 Å². The molecule has 0 saturated heterocycles. The van der Waals surface area contributed by atoms with Gasteiger partial charge in [0.15, 0.2) is 0 Å². The molecule has 0 amide bonds. The molecule has 1 unspecified atom stereocenters. The lowest BCUT2D eigenvalue weighted by molar-refractivity contribution is 0.0547. The van der Waals surface area contributed by atoms with E-state index in [1.165, 1.54) is 0 Å². The Morgan fingerprint density at radius 2 is 1.06 bits per heavy atom. The van der Waals surface area contributed by atoms with E-state index in [0.29, 0.717) is 12.1 Å². The van der Waals surface area contributed by atoms with Crippen LogP contribution in [0, 0.1) is 0 Å². The Balaban J connectivity index is 5.02. The Kier molecular flexibility index (Phi) is 6.73. The van der Waals surface area contributed by atoms with E-state index in [1.807, 2.05) is 0 Å². The van der Waals surface area contributed by atoms with Crippen molar-refractivity contribution >= 4 is 8.80 Å². The molecule has 0 heterocycles. The van der Waals surface area contributed by atoms with Crippen molar-refractivity contribution in [2.24, 2.45) is 0 Å². The highest BCUT2D eigenvalue weighted by molar-refractivity contribution is 6.62. The van der Waals surface area contributed by atoms with Gasteiger partial charge in [-0.2, -0.15) is 0 Å². The first kappa shape index (κ1) is 16.1. The van der Waals surface area contributed by atoms with Crippen molar-refractivity contribution in [3.63, 3.8) is 0 Å². The van der Waals surface area contributed by atoms with Crippen LogP contribution < -0.4 is 0 Å². The predicted octanol–water partition coefficient (Wildman–Crippen LogP) is 1.91. The first-order valence-corrected chi connectivity index (χ1v) is 7.59. The summed E-state index contributed by atoms with van der Waals surface area (Å²) in [6.45, 7) is 10.8. The van der Waals surface area contributed by atoms with Crippen molar-refractivity contribution in [1.29, 1.82) is 0 Å². The van der Waals surface area contributed by atoms with Crippen molar-refractivity contribution in [3.05, 3.63) is 0 Å². The minimum Gasteiger partial charge on any atom is -0.376 e. The van der Waals surface area contributed by atoms with Gasteiger partial charge in [0.2, 0.25) is 0 Å². The Morgan fingerprint density at radius 3 is 1.25 bits per heavy atom. The second-order valence-electron chi connectivity index (χ2n) is 4.53. The third kappa shape index (κ3) is 3.27. The summed E-state index contributed by atoms with van der Waals surface area (Å²) in [4.78, 5) is 2.36. The van der Waals surface area contributed by atoms with Gasteiger partial charge in [-0.3, -0.25) is 4.90 Å². The van der Waals surface area contributed by atoms with Gasteiger partial charge in [0.05, 0.1) is 5.67 Å². The number of nitrogens with zero attached hydrogens (tertiary/aromatic N) is 1. The van der Waals surface area contributed by atoms with Crippen LogP contribution in [-0.2, 0) is 13.3 Å². The average Bonchev–Trinajstić information content (AvgIpc) is 2.20. The third-order valence-electron chi connectivity index (χ3n) is 3.01. The average molecular weight is 249 g/mol. The lowest BCUT2D eigenvalue weighted by Crippen LogP contribution is -2.63. The van der Waals surface area contributed by atoms with Gasteiger partial charge in [0.1, 0.15) is 0 Å². The number of hydrogen-bond donors (Lipinski definition) is 0. The van der Waals surface area contributed by atoms with Crippen LogP contribution in [0.15, 0.2) is 0 Å². The molecule has 0 aliphatic rings. The minimum absolute atomic E-state index is 0.146. The first-order valence-electron chi connectivity index (χ1n) is 5.79. The molecule has 1 atom stereocenters. The zero-order chi connectivity index (χ0) is 12.9. The lowest BCUT2D eigenvalue weighted by atomic mass is 10.2. The number of hydrogen-bond acceptors (Lipinski definition) is 4. The molecule has 0 bridgehead atoms. The Hall–Kier alpha value is 0.0569. The van der Waals surface area contributed by atoms with Crippen LogP contribution in [0.3, 0.4) is 0 Å². The van der Waals surface area contributed by atoms with Crippen LogP contribution in [0.5, 0.6) is 0 Å².